The van der Waals surface area contributed by atoms with Crippen molar-refractivity contribution in [3.8, 4) is 0 Å². The van der Waals surface area contributed by atoms with Crippen LogP contribution in [-0.4, -0.2) is 27.1 Å². The van der Waals surface area contributed by atoms with Gasteiger partial charge in [0.05, 0.1) is 0 Å². The Hall–Kier alpha value is -1.39. The van der Waals surface area contributed by atoms with Gasteiger partial charge in [-0.15, -0.1) is 0 Å². The first-order valence-electron chi connectivity index (χ1n) is 4.92. The summed E-state index contributed by atoms with van der Waals surface area (Å²) >= 11 is 0. The molecule has 0 radical (unpaired) electrons. The lowest BCUT2D eigenvalue weighted by Gasteiger charge is -2.10. The van der Waals surface area contributed by atoms with Gasteiger partial charge in [-0.3, -0.25) is 9.89 Å². The van der Waals surface area contributed by atoms with Crippen LogP contribution in [0.3, 0.4) is 0 Å². The molecule has 1 heterocycles. The van der Waals surface area contributed by atoms with E-state index in [1.54, 1.807) is 0 Å². The minimum absolute atomic E-state index is 0.151. The molecule has 1 aromatic rings. The topological polar surface area (TPSA) is 70.7 Å². The van der Waals surface area contributed by atoms with Crippen LogP contribution in [0.15, 0.2) is 6.33 Å². The second-order valence-corrected chi connectivity index (χ2v) is 3.92. The van der Waals surface area contributed by atoms with E-state index >= 15 is 0 Å². The highest BCUT2D eigenvalue weighted by Crippen LogP contribution is 2.24. The number of nitrogens with zero attached hydrogens (tertiary/aromatic N) is 2. The molecule has 1 saturated carbocycles. The van der Waals surface area contributed by atoms with Gasteiger partial charge >= 0.3 is 0 Å². The summed E-state index contributed by atoms with van der Waals surface area (Å²) < 4.78 is 0. The first-order valence-corrected chi connectivity index (χ1v) is 4.92. The van der Waals surface area contributed by atoms with Crippen molar-refractivity contribution < 1.29 is 4.79 Å². The van der Waals surface area contributed by atoms with Crippen LogP contribution in [0.25, 0.3) is 0 Å². The number of hydrogen-bond acceptors (Lipinski definition) is 3. The maximum atomic E-state index is 11.5. The zero-order valence-corrected chi connectivity index (χ0v) is 8.16. The van der Waals surface area contributed by atoms with Crippen LogP contribution >= 0.6 is 0 Å². The molecular formula is C9H14N4O. The number of carbonyl (C=O) groups excluding carboxylic acids is 1. The molecule has 1 aliphatic rings. The van der Waals surface area contributed by atoms with E-state index in [2.05, 4.69) is 27.4 Å². The molecule has 2 N–H and O–H groups in total. The van der Waals surface area contributed by atoms with Crippen molar-refractivity contribution in [1.82, 2.24) is 20.5 Å². The summed E-state index contributed by atoms with van der Waals surface area (Å²) in [7, 11) is 0. The molecule has 76 valence electrons. The molecule has 0 spiro atoms. The molecule has 1 aliphatic carbocycles. The van der Waals surface area contributed by atoms with Crippen LogP contribution in [0.4, 0.5) is 0 Å². The predicted octanol–water partition coefficient (Wildman–Crippen LogP) is 0.723. The van der Waals surface area contributed by atoms with Crippen molar-refractivity contribution in [2.75, 3.05) is 0 Å². The van der Waals surface area contributed by atoms with Gasteiger partial charge in [-0.25, -0.2) is 4.98 Å². The lowest BCUT2D eigenvalue weighted by molar-refractivity contribution is 0.0927. The second-order valence-electron chi connectivity index (χ2n) is 3.92. The van der Waals surface area contributed by atoms with Crippen LogP contribution in [0, 0.1) is 5.92 Å². The molecule has 14 heavy (non-hydrogen) atoms. The van der Waals surface area contributed by atoms with Crippen LogP contribution in [0.5, 0.6) is 0 Å². The third-order valence-corrected chi connectivity index (χ3v) is 2.66. The monoisotopic (exact) mass is 194 g/mol. The molecular weight excluding hydrogens is 180 g/mol. The van der Waals surface area contributed by atoms with E-state index in [-0.39, 0.29) is 5.91 Å². The van der Waals surface area contributed by atoms with Crippen molar-refractivity contribution in [3.63, 3.8) is 0 Å². The molecule has 2 unspecified atom stereocenters. The summed E-state index contributed by atoms with van der Waals surface area (Å²) in [5.41, 5.74) is 0. The Labute approximate surface area is 82.3 Å². The molecule has 1 fully saturated rings. The van der Waals surface area contributed by atoms with Gasteiger partial charge in [0.1, 0.15) is 6.33 Å². The smallest absolute Gasteiger partial charge is 0.288 e. The summed E-state index contributed by atoms with van der Waals surface area (Å²) in [6, 6.07) is 0.308. The van der Waals surface area contributed by atoms with Crippen molar-refractivity contribution >= 4 is 5.91 Å². The zero-order valence-electron chi connectivity index (χ0n) is 8.16. The van der Waals surface area contributed by atoms with Crippen LogP contribution in [0.2, 0.25) is 0 Å². The maximum Gasteiger partial charge on any atom is 0.288 e. The largest absolute Gasteiger partial charge is 0.347 e. The van der Waals surface area contributed by atoms with Gasteiger partial charge in [0.25, 0.3) is 5.91 Å². The fourth-order valence-electron chi connectivity index (χ4n) is 1.91. The molecule has 1 amide bonds. The zero-order chi connectivity index (χ0) is 9.97. The van der Waals surface area contributed by atoms with E-state index in [4.69, 9.17) is 0 Å². The third kappa shape index (κ3) is 1.92. The summed E-state index contributed by atoms with van der Waals surface area (Å²) in [6.45, 7) is 2.21. The fourth-order valence-corrected chi connectivity index (χ4v) is 1.91. The average Bonchev–Trinajstić information content (AvgIpc) is 2.75. The predicted molar refractivity (Wildman–Crippen MR) is 50.7 cm³/mol. The second kappa shape index (κ2) is 3.77. The number of amides is 1. The number of aromatic nitrogens is 3. The highest BCUT2D eigenvalue weighted by atomic mass is 16.2. The lowest BCUT2D eigenvalue weighted by atomic mass is 10.1. The van der Waals surface area contributed by atoms with Crippen LogP contribution in [0.1, 0.15) is 36.8 Å². The van der Waals surface area contributed by atoms with E-state index < -0.39 is 0 Å². The first-order chi connectivity index (χ1) is 6.75. The summed E-state index contributed by atoms with van der Waals surface area (Å²) in [5, 5.41) is 9.12. The molecule has 0 aliphatic heterocycles. The van der Waals surface area contributed by atoms with Gasteiger partial charge in [0.2, 0.25) is 5.82 Å². The minimum Gasteiger partial charge on any atom is -0.347 e. The van der Waals surface area contributed by atoms with Gasteiger partial charge in [-0.1, -0.05) is 6.92 Å². The Balaban J connectivity index is 1.89. The van der Waals surface area contributed by atoms with E-state index in [1.807, 2.05) is 0 Å². The normalized spacial score (nSPS) is 26.4. The molecule has 5 nitrogen and oxygen atoms in total. The van der Waals surface area contributed by atoms with E-state index in [1.165, 1.54) is 12.7 Å². The van der Waals surface area contributed by atoms with Crippen molar-refractivity contribution in [3.05, 3.63) is 12.2 Å². The molecule has 5 heteroatoms. The van der Waals surface area contributed by atoms with Crippen LogP contribution in [-0.2, 0) is 0 Å². The number of aromatic amines is 1. The highest BCUT2D eigenvalue weighted by molar-refractivity contribution is 5.90. The molecule has 0 bridgehead atoms. The standard InChI is InChI=1S/C9H14N4O/c1-6-2-3-7(4-6)12-9(14)8-10-5-11-13-8/h5-7H,2-4H2,1H3,(H,12,14)(H,10,11,13). The Morgan fingerprint density at radius 3 is 3.07 bits per heavy atom. The summed E-state index contributed by atoms with van der Waals surface area (Å²) in [6.07, 6.45) is 4.68. The summed E-state index contributed by atoms with van der Waals surface area (Å²) in [4.78, 5) is 15.3. The number of hydrogen-bond donors (Lipinski definition) is 2. The van der Waals surface area contributed by atoms with Crippen molar-refractivity contribution in [2.45, 2.75) is 32.2 Å². The van der Waals surface area contributed by atoms with Crippen LogP contribution < -0.4 is 5.32 Å². The van der Waals surface area contributed by atoms with E-state index in [0.717, 1.165) is 18.8 Å². The highest BCUT2D eigenvalue weighted by Gasteiger charge is 2.23. The van der Waals surface area contributed by atoms with E-state index in [9.17, 15) is 4.79 Å². The number of nitrogens with one attached hydrogen (secondary N) is 2. The Morgan fingerprint density at radius 2 is 2.50 bits per heavy atom. The van der Waals surface area contributed by atoms with Gasteiger partial charge in [0, 0.05) is 6.04 Å². The lowest BCUT2D eigenvalue weighted by Crippen LogP contribution is -2.33. The van der Waals surface area contributed by atoms with Gasteiger partial charge < -0.3 is 5.32 Å². The quantitative estimate of drug-likeness (QED) is 0.728. The van der Waals surface area contributed by atoms with Gasteiger partial charge in [-0.05, 0) is 25.2 Å². The average molecular weight is 194 g/mol. The Kier molecular flexibility index (Phi) is 2.47. The summed E-state index contributed by atoms with van der Waals surface area (Å²) in [5.74, 6) is 0.862. The van der Waals surface area contributed by atoms with Crippen molar-refractivity contribution in [2.24, 2.45) is 5.92 Å². The maximum absolute atomic E-state index is 11.5. The SMILES string of the molecule is CC1CCC(NC(=O)c2ncn[nH]2)C1. The molecule has 1 aromatic heterocycles. The molecule has 2 rings (SSSR count). The fraction of sp³-hybridized carbons (Fsp3) is 0.667. The Bertz CT molecular complexity index is 309. The minimum atomic E-state index is -0.151. The molecule has 0 saturated heterocycles. The number of carbonyl (C=O) groups is 1. The molecule has 0 aromatic carbocycles. The third-order valence-electron chi connectivity index (χ3n) is 2.66. The first kappa shape index (κ1) is 9.18. The molecule has 2 atom stereocenters. The van der Waals surface area contributed by atoms with Gasteiger partial charge in [0.15, 0.2) is 0 Å². The number of rotatable bonds is 2. The van der Waals surface area contributed by atoms with Gasteiger partial charge in [-0.2, -0.15) is 5.10 Å². The van der Waals surface area contributed by atoms with E-state index in [0.29, 0.717) is 11.9 Å². The number of H-pyrrole nitrogens is 1. The van der Waals surface area contributed by atoms with Crippen molar-refractivity contribution in [1.29, 1.82) is 0 Å². The Morgan fingerprint density at radius 1 is 1.64 bits per heavy atom.